The van der Waals surface area contributed by atoms with Crippen molar-refractivity contribution in [3.05, 3.63) is 89.7 Å². The lowest BCUT2D eigenvalue weighted by Gasteiger charge is -2.33. The second-order valence-corrected chi connectivity index (χ2v) is 12.5. The molecule has 1 saturated carbocycles. The van der Waals surface area contributed by atoms with Crippen molar-refractivity contribution in [2.75, 3.05) is 18.0 Å². The van der Waals surface area contributed by atoms with Gasteiger partial charge in [-0.25, -0.2) is 12.8 Å². The van der Waals surface area contributed by atoms with Crippen LogP contribution in [-0.2, 0) is 26.2 Å². The van der Waals surface area contributed by atoms with E-state index in [0.717, 1.165) is 42.0 Å². The van der Waals surface area contributed by atoms with Gasteiger partial charge in [-0.15, -0.1) is 0 Å². The largest absolute Gasteiger partial charge is 0.495 e. The van der Waals surface area contributed by atoms with Crippen molar-refractivity contribution in [1.29, 1.82) is 0 Å². The lowest BCUT2D eigenvalue weighted by atomic mass is 9.95. The number of methoxy groups -OCH3 is 1. The van der Waals surface area contributed by atoms with Crippen LogP contribution in [0.25, 0.3) is 0 Å². The number of rotatable bonds is 11. The summed E-state index contributed by atoms with van der Waals surface area (Å²) in [7, 11) is -2.79. The number of hydrogen-bond acceptors (Lipinski definition) is 5. The molecule has 0 aliphatic heterocycles. The molecule has 10 heteroatoms. The number of sulfonamides is 1. The van der Waals surface area contributed by atoms with Crippen LogP contribution in [-0.4, -0.2) is 50.9 Å². The molecule has 0 bridgehead atoms. The first-order valence-electron chi connectivity index (χ1n) is 14.2. The first kappa shape index (κ1) is 31.0. The highest BCUT2D eigenvalue weighted by atomic mass is 32.2. The van der Waals surface area contributed by atoms with Gasteiger partial charge in [0.25, 0.3) is 10.0 Å². The van der Waals surface area contributed by atoms with Crippen molar-refractivity contribution >= 4 is 27.5 Å². The molecule has 1 aliphatic rings. The van der Waals surface area contributed by atoms with Crippen LogP contribution >= 0.6 is 0 Å². The second-order valence-electron chi connectivity index (χ2n) is 10.7. The summed E-state index contributed by atoms with van der Waals surface area (Å²) in [6.07, 6.45) is 4.94. The van der Waals surface area contributed by atoms with Gasteiger partial charge in [-0.05, 0) is 74.2 Å². The summed E-state index contributed by atoms with van der Waals surface area (Å²) in [5.41, 5.74) is 1.58. The van der Waals surface area contributed by atoms with Gasteiger partial charge in [0.15, 0.2) is 0 Å². The van der Waals surface area contributed by atoms with Crippen LogP contribution in [0.5, 0.6) is 5.75 Å². The van der Waals surface area contributed by atoms with Gasteiger partial charge in [-0.3, -0.25) is 13.9 Å². The number of anilines is 1. The number of benzene rings is 3. The fourth-order valence-electron chi connectivity index (χ4n) is 5.17. The van der Waals surface area contributed by atoms with Gasteiger partial charge in [0.2, 0.25) is 11.8 Å². The SMILES string of the molecule is COc1ccc(C)cc1N(CC(=O)N(Cc1ccc(F)cc1)[C@@H](C)C(=O)NC1CCCCC1)S(=O)(=O)c1ccccc1. The predicted molar refractivity (Wildman–Crippen MR) is 160 cm³/mol. The zero-order valence-corrected chi connectivity index (χ0v) is 25.1. The molecule has 1 N–H and O–H groups in total. The van der Waals surface area contributed by atoms with Gasteiger partial charge in [0.1, 0.15) is 24.2 Å². The molecule has 1 fully saturated rings. The van der Waals surface area contributed by atoms with Crippen LogP contribution in [0.15, 0.2) is 77.7 Å². The first-order chi connectivity index (χ1) is 20.1. The molecule has 0 unspecified atom stereocenters. The maximum Gasteiger partial charge on any atom is 0.264 e. The standard InChI is InChI=1S/C32H38FN3O5S/c1-23-14-19-30(41-3)29(20-23)36(42(39,40)28-12-8-5-9-13-28)22-31(37)35(21-25-15-17-26(33)18-16-25)24(2)32(38)34-27-10-6-4-7-11-27/h5,8-9,12-20,24,27H,4,6-7,10-11,21-22H2,1-3H3,(H,34,38)/t24-/m0/s1. The minimum atomic E-state index is -4.22. The van der Waals surface area contributed by atoms with E-state index >= 15 is 0 Å². The second kappa shape index (κ2) is 13.8. The van der Waals surface area contributed by atoms with E-state index in [0.29, 0.717) is 5.56 Å². The number of nitrogens with one attached hydrogen (secondary N) is 1. The Hall–Kier alpha value is -3.92. The van der Waals surface area contributed by atoms with Crippen molar-refractivity contribution in [1.82, 2.24) is 10.2 Å². The number of carbonyl (C=O) groups is 2. The molecule has 1 aliphatic carbocycles. The van der Waals surface area contributed by atoms with Gasteiger partial charge >= 0.3 is 0 Å². The van der Waals surface area contributed by atoms with E-state index < -0.39 is 34.3 Å². The molecule has 1 atom stereocenters. The van der Waals surface area contributed by atoms with Crippen LogP contribution in [0.3, 0.4) is 0 Å². The van der Waals surface area contributed by atoms with Crippen molar-refractivity contribution < 1.29 is 27.1 Å². The summed E-state index contributed by atoms with van der Waals surface area (Å²) in [6, 6.07) is 17.7. The summed E-state index contributed by atoms with van der Waals surface area (Å²) >= 11 is 0. The van der Waals surface area contributed by atoms with Crippen molar-refractivity contribution in [3.8, 4) is 5.75 Å². The number of ether oxygens (including phenoxy) is 1. The van der Waals surface area contributed by atoms with Crippen molar-refractivity contribution in [2.45, 2.75) is 69.5 Å². The lowest BCUT2D eigenvalue weighted by molar-refractivity contribution is -0.139. The summed E-state index contributed by atoms with van der Waals surface area (Å²) < 4.78 is 48.2. The minimum absolute atomic E-state index is 0.00883. The topological polar surface area (TPSA) is 96.0 Å². The smallest absolute Gasteiger partial charge is 0.264 e. The van der Waals surface area contributed by atoms with E-state index in [9.17, 15) is 22.4 Å². The van der Waals surface area contributed by atoms with E-state index in [2.05, 4.69) is 5.32 Å². The highest BCUT2D eigenvalue weighted by Crippen LogP contribution is 2.33. The number of hydrogen-bond donors (Lipinski definition) is 1. The van der Waals surface area contributed by atoms with E-state index in [1.54, 1.807) is 55.5 Å². The molecule has 0 heterocycles. The molecule has 0 spiro atoms. The minimum Gasteiger partial charge on any atom is -0.495 e. The molecule has 42 heavy (non-hydrogen) atoms. The number of amides is 2. The highest BCUT2D eigenvalue weighted by molar-refractivity contribution is 7.92. The first-order valence-corrected chi connectivity index (χ1v) is 15.6. The summed E-state index contributed by atoms with van der Waals surface area (Å²) in [5, 5.41) is 3.07. The fourth-order valence-corrected chi connectivity index (χ4v) is 6.60. The van der Waals surface area contributed by atoms with Gasteiger partial charge in [0.05, 0.1) is 17.7 Å². The average molecular weight is 596 g/mol. The quantitative estimate of drug-likeness (QED) is 0.329. The Bertz CT molecular complexity index is 1480. The molecule has 2 amide bonds. The molecule has 3 aromatic carbocycles. The molecule has 8 nitrogen and oxygen atoms in total. The fraction of sp³-hybridized carbons (Fsp3) is 0.375. The Morgan fingerprint density at radius 3 is 2.31 bits per heavy atom. The molecule has 0 radical (unpaired) electrons. The van der Waals surface area contributed by atoms with Crippen LogP contribution in [0, 0.1) is 12.7 Å². The number of nitrogens with zero attached hydrogens (tertiary/aromatic N) is 2. The van der Waals surface area contributed by atoms with Crippen LogP contribution in [0.2, 0.25) is 0 Å². The maximum absolute atomic E-state index is 14.1. The third-order valence-electron chi connectivity index (χ3n) is 7.60. The summed E-state index contributed by atoms with van der Waals surface area (Å²) in [6.45, 7) is 2.85. The monoisotopic (exact) mass is 595 g/mol. The van der Waals surface area contributed by atoms with Gasteiger partial charge in [-0.1, -0.05) is 55.7 Å². The van der Waals surface area contributed by atoms with E-state index in [1.165, 1.54) is 36.3 Å². The average Bonchev–Trinajstić information content (AvgIpc) is 3.00. The van der Waals surface area contributed by atoms with Crippen LogP contribution < -0.4 is 14.4 Å². The lowest BCUT2D eigenvalue weighted by Crippen LogP contribution is -2.53. The van der Waals surface area contributed by atoms with Crippen LogP contribution in [0.4, 0.5) is 10.1 Å². The number of carbonyl (C=O) groups excluding carboxylic acids is 2. The van der Waals surface area contributed by atoms with Gasteiger partial charge < -0.3 is 15.0 Å². The molecular weight excluding hydrogens is 557 g/mol. The van der Waals surface area contributed by atoms with E-state index in [-0.39, 0.29) is 34.8 Å². The number of aryl methyl sites for hydroxylation is 1. The maximum atomic E-state index is 14.1. The van der Waals surface area contributed by atoms with E-state index in [1.807, 2.05) is 6.92 Å². The Morgan fingerprint density at radius 2 is 1.67 bits per heavy atom. The van der Waals surface area contributed by atoms with Crippen molar-refractivity contribution in [2.24, 2.45) is 0 Å². The molecule has 3 aromatic rings. The third-order valence-corrected chi connectivity index (χ3v) is 9.37. The third kappa shape index (κ3) is 7.47. The zero-order chi connectivity index (χ0) is 30.3. The normalized spacial score (nSPS) is 14.6. The molecule has 0 aromatic heterocycles. The Morgan fingerprint density at radius 1 is 1.00 bits per heavy atom. The Labute approximate surface area is 247 Å². The zero-order valence-electron chi connectivity index (χ0n) is 24.3. The molecule has 0 saturated heterocycles. The Kier molecular flexibility index (Phi) is 10.2. The van der Waals surface area contributed by atoms with Crippen LogP contribution in [0.1, 0.15) is 50.2 Å². The summed E-state index contributed by atoms with van der Waals surface area (Å²) in [5.74, 6) is -1.05. The number of halogens is 1. The van der Waals surface area contributed by atoms with E-state index in [4.69, 9.17) is 4.74 Å². The predicted octanol–water partition coefficient (Wildman–Crippen LogP) is 5.20. The highest BCUT2D eigenvalue weighted by Gasteiger charge is 2.34. The summed E-state index contributed by atoms with van der Waals surface area (Å²) in [4.78, 5) is 28.9. The van der Waals surface area contributed by atoms with Gasteiger partial charge in [0, 0.05) is 12.6 Å². The Balaban J connectivity index is 1.71. The van der Waals surface area contributed by atoms with Crippen molar-refractivity contribution in [3.63, 3.8) is 0 Å². The van der Waals surface area contributed by atoms with Gasteiger partial charge in [-0.2, -0.15) is 0 Å². The molecule has 4 rings (SSSR count). The molecular formula is C32H38FN3O5S. The molecule has 224 valence electrons.